The Kier molecular flexibility index (Phi) is 5.59. The van der Waals surface area contributed by atoms with Crippen LogP contribution < -0.4 is 10.9 Å². The molecule has 0 saturated heterocycles. The van der Waals surface area contributed by atoms with Gasteiger partial charge in [-0.2, -0.15) is 0 Å². The van der Waals surface area contributed by atoms with Crippen molar-refractivity contribution in [2.24, 2.45) is 0 Å². The maximum absolute atomic E-state index is 11.7. The highest BCUT2D eigenvalue weighted by molar-refractivity contribution is 8.00. The van der Waals surface area contributed by atoms with Crippen LogP contribution in [0.15, 0.2) is 53.6 Å². The number of rotatable bonds is 4. The molecule has 0 aliphatic carbocycles. The average molecular weight is 322 g/mol. The van der Waals surface area contributed by atoms with Gasteiger partial charge in [0.05, 0.1) is 5.75 Å². The molecule has 1 heterocycles. The molecule has 0 aliphatic heterocycles. The van der Waals surface area contributed by atoms with E-state index in [0.29, 0.717) is 5.02 Å². The van der Waals surface area contributed by atoms with E-state index in [1.807, 2.05) is 12.1 Å². The Morgan fingerprint density at radius 3 is 2.52 bits per heavy atom. The van der Waals surface area contributed by atoms with Crippen LogP contribution in [-0.2, 0) is 4.79 Å². The number of hydrogen-bond donors (Lipinski definition) is 2. The fraction of sp³-hybridized carbons (Fsp3) is 0.0714. The lowest BCUT2D eigenvalue weighted by molar-refractivity contribution is -0.119. The number of nitrogens with one attached hydrogen (secondary N) is 2. The summed E-state index contributed by atoms with van der Waals surface area (Å²) < 4.78 is 0. The lowest BCUT2D eigenvalue weighted by atomic mass is 10.3. The minimum Gasteiger partial charge on any atom is -0.272 e. The Morgan fingerprint density at radius 2 is 1.86 bits per heavy atom. The third-order valence-corrected chi connectivity index (χ3v) is 3.66. The van der Waals surface area contributed by atoms with Gasteiger partial charge >= 0.3 is 0 Å². The van der Waals surface area contributed by atoms with Gasteiger partial charge in [-0.05, 0) is 36.4 Å². The molecule has 0 bridgehead atoms. The van der Waals surface area contributed by atoms with Gasteiger partial charge < -0.3 is 0 Å². The first-order valence-corrected chi connectivity index (χ1v) is 7.40. The molecule has 0 atom stereocenters. The fourth-order valence-corrected chi connectivity index (χ4v) is 2.23. The summed E-state index contributed by atoms with van der Waals surface area (Å²) in [6, 6.07) is 12.1. The average Bonchev–Trinajstić information content (AvgIpc) is 2.53. The van der Waals surface area contributed by atoms with Crippen LogP contribution in [0.5, 0.6) is 0 Å². The van der Waals surface area contributed by atoms with Crippen molar-refractivity contribution in [2.45, 2.75) is 4.90 Å². The molecule has 7 heteroatoms. The van der Waals surface area contributed by atoms with Gasteiger partial charge in [-0.3, -0.25) is 25.4 Å². The van der Waals surface area contributed by atoms with Gasteiger partial charge in [-0.15, -0.1) is 11.8 Å². The predicted molar refractivity (Wildman–Crippen MR) is 82.0 cm³/mol. The van der Waals surface area contributed by atoms with Crippen molar-refractivity contribution in [3.8, 4) is 0 Å². The number of amides is 2. The Bertz CT molecular complexity index is 620. The quantitative estimate of drug-likeness (QED) is 0.669. The predicted octanol–water partition coefficient (Wildman–Crippen LogP) is 2.29. The number of thioether (sulfide) groups is 1. The fourth-order valence-electron chi connectivity index (χ4n) is 1.40. The van der Waals surface area contributed by atoms with Crippen LogP contribution in [0.4, 0.5) is 0 Å². The van der Waals surface area contributed by atoms with Crippen molar-refractivity contribution in [1.29, 1.82) is 0 Å². The number of nitrogens with zero attached hydrogens (tertiary/aromatic N) is 1. The van der Waals surface area contributed by atoms with Gasteiger partial charge in [-0.25, -0.2) is 0 Å². The van der Waals surface area contributed by atoms with Gasteiger partial charge in [0.1, 0.15) is 5.69 Å². The lowest BCUT2D eigenvalue weighted by Gasteiger charge is -2.06. The Balaban J connectivity index is 1.75. The number of halogens is 1. The molecule has 108 valence electrons. The van der Waals surface area contributed by atoms with Crippen LogP contribution in [-0.4, -0.2) is 22.6 Å². The zero-order valence-corrected chi connectivity index (χ0v) is 12.4. The van der Waals surface area contributed by atoms with Gasteiger partial charge in [0.2, 0.25) is 5.91 Å². The van der Waals surface area contributed by atoms with Gasteiger partial charge in [-0.1, -0.05) is 17.7 Å². The highest BCUT2D eigenvalue weighted by atomic mass is 35.5. The third kappa shape index (κ3) is 5.09. The van der Waals surface area contributed by atoms with Crippen LogP contribution in [0.1, 0.15) is 10.5 Å². The van der Waals surface area contributed by atoms with Crippen LogP contribution in [0, 0.1) is 0 Å². The number of aromatic nitrogens is 1. The molecule has 2 rings (SSSR count). The van der Waals surface area contributed by atoms with Crippen LogP contribution in [0.2, 0.25) is 5.02 Å². The van der Waals surface area contributed by atoms with E-state index in [4.69, 9.17) is 11.6 Å². The van der Waals surface area contributed by atoms with Crippen molar-refractivity contribution in [2.75, 3.05) is 5.75 Å². The SMILES string of the molecule is O=C(CSc1ccc(Cl)cc1)NNC(=O)c1ccccn1. The maximum Gasteiger partial charge on any atom is 0.288 e. The number of carbonyl (C=O) groups is 2. The molecular formula is C14H12ClN3O2S. The normalized spacial score (nSPS) is 9.95. The topological polar surface area (TPSA) is 71.1 Å². The minimum atomic E-state index is -0.458. The monoisotopic (exact) mass is 321 g/mol. The van der Waals surface area contributed by atoms with E-state index in [9.17, 15) is 9.59 Å². The van der Waals surface area contributed by atoms with Crippen molar-refractivity contribution in [1.82, 2.24) is 15.8 Å². The summed E-state index contributed by atoms with van der Waals surface area (Å²) in [5.74, 6) is -0.580. The van der Waals surface area contributed by atoms with Crippen LogP contribution >= 0.6 is 23.4 Å². The lowest BCUT2D eigenvalue weighted by Crippen LogP contribution is -2.42. The summed E-state index contributed by atoms with van der Waals surface area (Å²) >= 11 is 7.12. The molecule has 2 amide bonds. The number of benzene rings is 1. The molecule has 0 saturated carbocycles. The molecule has 2 aromatic rings. The highest BCUT2D eigenvalue weighted by Gasteiger charge is 2.08. The summed E-state index contributed by atoms with van der Waals surface area (Å²) in [7, 11) is 0. The molecule has 1 aromatic heterocycles. The summed E-state index contributed by atoms with van der Waals surface area (Å²) in [5.41, 5.74) is 4.88. The van der Waals surface area contributed by atoms with E-state index in [1.54, 1.807) is 30.3 Å². The molecule has 2 N–H and O–H groups in total. The van der Waals surface area contributed by atoms with Crippen molar-refractivity contribution < 1.29 is 9.59 Å². The van der Waals surface area contributed by atoms with E-state index >= 15 is 0 Å². The summed E-state index contributed by atoms with van der Waals surface area (Å²) in [5, 5.41) is 0.645. The second-order valence-corrected chi connectivity index (χ2v) is 5.45. The van der Waals surface area contributed by atoms with Crippen molar-refractivity contribution in [3.63, 3.8) is 0 Å². The first-order chi connectivity index (χ1) is 10.1. The van der Waals surface area contributed by atoms with Gasteiger partial charge in [0, 0.05) is 16.1 Å². The van der Waals surface area contributed by atoms with E-state index in [-0.39, 0.29) is 17.4 Å². The maximum atomic E-state index is 11.7. The molecule has 0 fully saturated rings. The number of hydrogen-bond acceptors (Lipinski definition) is 4. The standard InChI is InChI=1S/C14H12ClN3O2S/c15-10-4-6-11(7-5-10)21-9-13(19)17-18-14(20)12-3-1-2-8-16-12/h1-8H,9H2,(H,17,19)(H,18,20). The molecule has 0 unspecified atom stereocenters. The van der Waals surface area contributed by atoms with Crippen molar-refractivity contribution in [3.05, 3.63) is 59.4 Å². The Labute approximate surface area is 131 Å². The zero-order valence-electron chi connectivity index (χ0n) is 10.9. The number of hydrazine groups is 1. The van der Waals surface area contributed by atoms with Crippen LogP contribution in [0.25, 0.3) is 0 Å². The van der Waals surface area contributed by atoms with Gasteiger partial charge in [0.15, 0.2) is 0 Å². The first kappa shape index (κ1) is 15.3. The number of pyridine rings is 1. The van der Waals surface area contributed by atoms with E-state index in [0.717, 1.165) is 4.90 Å². The second-order valence-electron chi connectivity index (χ2n) is 3.96. The van der Waals surface area contributed by atoms with Crippen LogP contribution in [0.3, 0.4) is 0 Å². The zero-order chi connectivity index (χ0) is 15.1. The number of carbonyl (C=O) groups excluding carboxylic acids is 2. The molecule has 1 aromatic carbocycles. The largest absolute Gasteiger partial charge is 0.288 e. The van der Waals surface area contributed by atoms with E-state index in [2.05, 4.69) is 15.8 Å². The summed E-state index contributed by atoms with van der Waals surface area (Å²) in [6.07, 6.45) is 1.51. The third-order valence-electron chi connectivity index (χ3n) is 2.40. The molecule has 0 radical (unpaired) electrons. The summed E-state index contributed by atoms with van der Waals surface area (Å²) in [4.78, 5) is 28.1. The first-order valence-electron chi connectivity index (χ1n) is 6.04. The summed E-state index contributed by atoms with van der Waals surface area (Å²) in [6.45, 7) is 0. The smallest absolute Gasteiger partial charge is 0.272 e. The molecule has 0 spiro atoms. The Hall–Kier alpha value is -2.05. The second kappa shape index (κ2) is 7.66. The molecular weight excluding hydrogens is 310 g/mol. The molecule has 0 aliphatic rings. The van der Waals surface area contributed by atoms with Crippen molar-refractivity contribution >= 4 is 35.2 Å². The Morgan fingerprint density at radius 1 is 1.10 bits per heavy atom. The van der Waals surface area contributed by atoms with E-state index in [1.165, 1.54) is 18.0 Å². The molecule has 5 nitrogen and oxygen atoms in total. The minimum absolute atomic E-state index is 0.185. The van der Waals surface area contributed by atoms with Gasteiger partial charge in [0.25, 0.3) is 5.91 Å². The highest BCUT2D eigenvalue weighted by Crippen LogP contribution is 2.19. The molecule has 21 heavy (non-hydrogen) atoms. The van der Waals surface area contributed by atoms with E-state index < -0.39 is 5.91 Å².